The molecule has 1 unspecified atom stereocenters. The number of amides is 7. The van der Waals surface area contributed by atoms with Crippen molar-refractivity contribution in [3.05, 3.63) is 95.3 Å². The Labute approximate surface area is 341 Å². The van der Waals surface area contributed by atoms with Gasteiger partial charge in [-0.1, -0.05) is 25.0 Å². The SMILES string of the molecule is O=C(/C=C/c1cccnc1)NCCCCC1CCN(C(=O)c2ccc(N3CCN(C(=O)CSc4cccc5c4C(=O)N(C4CCC(=O)NC4=O)C5=O)CC3)cc2)CC1. The Kier molecular flexibility index (Phi) is 13.0. The Bertz CT molecular complexity index is 2080. The quantitative estimate of drug-likeness (QED) is 0.112. The van der Waals surface area contributed by atoms with Crippen molar-refractivity contribution in [2.75, 3.05) is 56.5 Å². The highest BCUT2D eigenvalue weighted by molar-refractivity contribution is 8.00. The summed E-state index contributed by atoms with van der Waals surface area (Å²) >= 11 is 1.19. The zero-order valence-electron chi connectivity index (χ0n) is 32.3. The van der Waals surface area contributed by atoms with Crippen molar-refractivity contribution in [1.82, 2.24) is 30.3 Å². The zero-order valence-corrected chi connectivity index (χ0v) is 33.1. The van der Waals surface area contributed by atoms with Crippen LogP contribution in [-0.4, -0.2) is 119 Å². The Morgan fingerprint density at radius 2 is 1.62 bits per heavy atom. The van der Waals surface area contributed by atoms with Gasteiger partial charge in [-0.15, -0.1) is 11.8 Å². The number of anilines is 1. The Hall–Kier alpha value is -5.83. The first-order chi connectivity index (χ1) is 28.2. The number of fused-ring (bicyclic) bond motifs is 1. The van der Waals surface area contributed by atoms with Crippen LogP contribution in [0, 0.1) is 5.92 Å². The molecule has 0 aliphatic carbocycles. The molecule has 14 nitrogen and oxygen atoms in total. The molecule has 1 atom stereocenters. The van der Waals surface area contributed by atoms with E-state index >= 15 is 0 Å². The largest absolute Gasteiger partial charge is 0.368 e. The summed E-state index contributed by atoms with van der Waals surface area (Å²) in [6.45, 7) is 4.39. The van der Waals surface area contributed by atoms with E-state index in [1.54, 1.807) is 41.6 Å². The van der Waals surface area contributed by atoms with E-state index in [0.717, 1.165) is 61.3 Å². The van der Waals surface area contributed by atoms with Crippen molar-refractivity contribution < 1.29 is 33.6 Å². The van der Waals surface area contributed by atoms with Crippen LogP contribution in [0.4, 0.5) is 5.69 Å². The lowest BCUT2D eigenvalue weighted by Crippen LogP contribution is -2.54. The van der Waals surface area contributed by atoms with E-state index in [1.165, 1.54) is 17.8 Å². The number of rotatable bonds is 13. The minimum Gasteiger partial charge on any atom is -0.368 e. The summed E-state index contributed by atoms with van der Waals surface area (Å²) < 4.78 is 0. The van der Waals surface area contributed by atoms with Crippen molar-refractivity contribution in [2.24, 2.45) is 5.92 Å². The second-order valence-electron chi connectivity index (χ2n) is 15.0. The van der Waals surface area contributed by atoms with Crippen molar-refractivity contribution >= 4 is 64.9 Å². The normalized spacial score (nSPS) is 18.8. The summed E-state index contributed by atoms with van der Waals surface area (Å²) in [4.78, 5) is 101. The molecule has 0 saturated carbocycles. The zero-order chi connectivity index (χ0) is 40.6. The minimum atomic E-state index is -1.05. The Morgan fingerprint density at radius 3 is 2.34 bits per heavy atom. The smallest absolute Gasteiger partial charge is 0.263 e. The average Bonchev–Trinajstić information content (AvgIpc) is 3.51. The molecule has 15 heteroatoms. The number of pyridine rings is 1. The van der Waals surface area contributed by atoms with Gasteiger partial charge in [0.1, 0.15) is 6.04 Å². The lowest BCUT2D eigenvalue weighted by Gasteiger charge is -2.36. The van der Waals surface area contributed by atoms with Crippen LogP contribution >= 0.6 is 11.8 Å². The number of carbonyl (C=O) groups excluding carboxylic acids is 7. The molecule has 4 aliphatic heterocycles. The molecule has 7 rings (SSSR count). The molecule has 2 aromatic carbocycles. The summed E-state index contributed by atoms with van der Waals surface area (Å²) in [5.41, 5.74) is 2.90. The van der Waals surface area contributed by atoms with Crippen molar-refractivity contribution in [1.29, 1.82) is 0 Å². The maximum Gasteiger partial charge on any atom is 0.263 e. The van der Waals surface area contributed by atoms with Gasteiger partial charge in [-0.05, 0) is 85.7 Å². The highest BCUT2D eigenvalue weighted by atomic mass is 32.2. The summed E-state index contributed by atoms with van der Waals surface area (Å²) in [6.07, 6.45) is 11.8. The lowest BCUT2D eigenvalue weighted by atomic mass is 9.91. The summed E-state index contributed by atoms with van der Waals surface area (Å²) in [5, 5.41) is 5.15. The number of unbranched alkanes of at least 4 members (excludes halogenated alkanes) is 1. The molecular formula is C43H47N7O7S. The van der Waals surface area contributed by atoms with Crippen LogP contribution in [0.25, 0.3) is 6.08 Å². The van der Waals surface area contributed by atoms with Gasteiger partial charge < -0.3 is 20.0 Å². The topological polar surface area (TPSA) is 169 Å². The van der Waals surface area contributed by atoms with Crippen LogP contribution in [0.15, 0.2) is 78.0 Å². The minimum absolute atomic E-state index is 0.0405. The number of likely N-dealkylation sites (tertiary alicyclic amines) is 1. The number of hydrogen-bond acceptors (Lipinski definition) is 10. The van der Waals surface area contributed by atoms with Gasteiger partial charge in [0.25, 0.3) is 17.7 Å². The molecule has 302 valence electrons. The maximum absolute atomic E-state index is 13.4. The molecule has 0 radical (unpaired) electrons. The third kappa shape index (κ3) is 9.47. The highest BCUT2D eigenvalue weighted by Gasteiger charge is 2.45. The molecule has 3 aromatic rings. The van der Waals surface area contributed by atoms with Crippen LogP contribution in [0.2, 0.25) is 0 Å². The summed E-state index contributed by atoms with van der Waals surface area (Å²) in [5.74, 6) is -1.77. The molecule has 3 saturated heterocycles. The van der Waals surface area contributed by atoms with Gasteiger partial charge in [0.05, 0.1) is 16.9 Å². The number of nitrogens with one attached hydrogen (secondary N) is 2. The number of piperidine rings is 2. The van der Waals surface area contributed by atoms with Gasteiger partial charge >= 0.3 is 0 Å². The fraction of sp³-hybridized carbons (Fsp3) is 0.395. The highest BCUT2D eigenvalue weighted by Crippen LogP contribution is 2.35. The van der Waals surface area contributed by atoms with E-state index < -0.39 is 29.7 Å². The van der Waals surface area contributed by atoms with E-state index in [1.807, 2.05) is 41.3 Å². The predicted molar refractivity (Wildman–Crippen MR) is 218 cm³/mol. The summed E-state index contributed by atoms with van der Waals surface area (Å²) in [7, 11) is 0. The van der Waals surface area contributed by atoms with Gasteiger partial charge in [0, 0.05) is 86.9 Å². The van der Waals surface area contributed by atoms with E-state index in [0.29, 0.717) is 49.1 Å². The molecule has 0 spiro atoms. The van der Waals surface area contributed by atoms with Gasteiger partial charge in [-0.25, -0.2) is 0 Å². The predicted octanol–water partition coefficient (Wildman–Crippen LogP) is 3.78. The number of thioether (sulfide) groups is 1. The van der Waals surface area contributed by atoms with Crippen LogP contribution in [0.3, 0.4) is 0 Å². The standard InChI is InChI=1S/C43H47N7O7S/c51-36(15-9-30-6-4-19-44-27-30)45-20-2-1-5-29-17-21-49(22-18-29)41(55)31-10-12-32(13-11-31)47-23-25-48(26-24-47)38(53)28-58-35-8-3-7-33-39(35)43(57)50(42(33)56)34-14-16-37(52)46-40(34)54/h3-4,6-13,15,19,27,29,34H,1-2,5,14,16-18,20-26,28H2,(H,45,51)(H,46,52,54)/b15-9+. The molecule has 0 bridgehead atoms. The monoisotopic (exact) mass is 805 g/mol. The van der Waals surface area contributed by atoms with Crippen LogP contribution < -0.4 is 15.5 Å². The first-order valence-corrected chi connectivity index (χ1v) is 20.9. The molecule has 5 heterocycles. The molecule has 4 aliphatic rings. The van der Waals surface area contributed by atoms with Crippen LogP contribution in [0.5, 0.6) is 0 Å². The Morgan fingerprint density at radius 1 is 0.845 bits per heavy atom. The van der Waals surface area contributed by atoms with E-state index in [9.17, 15) is 33.6 Å². The molecule has 1 aromatic heterocycles. The van der Waals surface area contributed by atoms with Gasteiger partial charge in [-0.2, -0.15) is 0 Å². The van der Waals surface area contributed by atoms with Crippen LogP contribution in [0.1, 0.15) is 81.6 Å². The second kappa shape index (κ2) is 18.6. The number of hydrogen-bond donors (Lipinski definition) is 2. The maximum atomic E-state index is 13.4. The fourth-order valence-electron chi connectivity index (χ4n) is 7.95. The van der Waals surface area contributed by atoms with Crippen molar-refractivity contribution in [3.63, 3.8) is 0 Å². The molecular weight excluding hydrogens is 759 g/mol. The van der Waals surface area contributed by atoms with Gasteiger partial charge in [0.15, 0.2) is 0 Å². The number of imide groups is 2. The lowest BCUT2D eigenvalue weighted by molar-refractivity contribution is -0.136. The van der Waals surface area contributed by atoms with E-state index in [-0.39, 0.29) is 47.4 Å². The number of carbonyl (C=O) groups is 7. The van der Waals surface area contributed by atoms with E-state index in [4.69, 9.17) is 0 Å². The average molecular weight is 806 g/mol. The third-order valence-electron chi connectivity index (χ3n) is 11.2. The van der Waals surface area contributed by atoms with E-state index in [2.05, 4.69) is 20.5 Å². The molecule has 3 fully saturated rings. The Balaban J connectivity index is 0.806. The van der Waals surface area contributed by atoms with Gasteiger partial charge in [0.2, 0.25) is 23.6 Å². The number of benzene rings is 2. The molecule has 2 N–H and O–H groups in total. The number of aromatic nitrogens is 1. The number of nitrogens with zero attached hydrogens (tertiary/aromatic N) is 5. The first kappa shape index (κ1) is 40.4. The van der Waals surface area contributed by atoms with Crippen molar-refractivity contribution in [3.8, 4) is 0 Å². The van der Waals surface area contributed by atoms with Crippen LogP contribution in [-0.2, 0) is 19.2 Å². The van der Waals surface area contributed by atoms with Gasteiger partial charge in [-0.3, -0.25) is 48.8 Å². The number of piperazine rings is 1. The second-order valence-corrected chi connectivity index (χ2v) is 16.0. The molecule has 7 amide bonds. The van der Waals surface area contributed by atoms with Crippen molar-refractivity contribution in [2.45, 2.75) is 55.9 Å². The fourth-order valence-corrected chi connectivity index (χ4v) is 8.92. The first-order valence-electron chi connectivity index (χ1n) is 19.9. The summed E-state index contributed by atoms with van der Waals surface area (Å²) in [6, 6.07) is 15.3. The third-order valence-corrected chi connectivity index (χ3v) is 12.3. The molecule has 58 heavy (non-hydrogen) atoms.